The second-order valence-corrected chi connectivity index (χ2v) is 5.64. The van der Waals surface area contributed by atoms with Crippen molar-refractivity contribution < 1.29 is 9.53 Å². The van der Waals surface area contributed by atoms with Crippen LogP contribution in [0.25, 0.3) is 0 Å². The third kappa shape index (κ3) is 5.83. The Balaban J connectivity index is 1.96. The van der Waals surface area contributed by atoms with Crippen molar-refractivity contribution in [3.05, 3.63) is 0 Å². The molecule has 3 atom stereocenters. The molecule has 1 aliphatic carbocycles. The van der Waals surface area contributed by atoms with Gasteiger partial charge in [-0.25, -0.2) is 5.84 Å². The monoisotopic (exact) mass is 256 g/mol. The first-order valence-corrected chi connectivity index (χ1v) is 7.24. The van der Waals surface area contributed by atoms with E-state index in [-0.39, 0.29) is 5.91 Å². The summed E-state index contributed by atoms with van der Waals surface area (Å²) in [5, 5.41) is 0. The molecule has 0 spiro atoms. The van der Waals surface area contributed by atoms with Crippen molar-refractivity contribution in [2.75, 3.05) is 6.61 Å². The highest BCUT2D eigenvalue weighted by molar-refractivity contribution is 5.74. The van der Waals surface area contributed by atoms with Gasteiger partial charge in [0.15, 0.2) is 0 Å². The highest BCUT2D eigenvalue weighted by Gasteiger charge is 2.24. The van der Waals surface area contributed by atoms with Gasteiger partial charge in [-0.05, 0) is 43.9 Å². The van der Waals surface area contributed by atoms with Gasteiger partial charge in [-0.15, -0.1) is 0 Å². The number of amides is 1. The lowest BCUT2D eigenvalue weighted by Gasteiger charge is -2.31. The van der Waals surface area contributed by atoms with Crippen molar-refractivity contribution in [3.63, 3.8) is 0 Å². The average molecular weight is 256 g/mol. The second kappa shape index (κ2) is 8.48. The summed E-state index contributed by atoms with van der Waals surface area (Å²) in [6.45, 7) is 5.49. The molecule has 0 heterocycles. The van der Waals surface area contributed by atoms with E-state index in [1.807, 2.05) is 0 Å². The number of hydrogen-bond donors (Lipinski definition) is 2. The number of carbonyl (C=O) groups is 1. The van der Waals surface area contributed by atoms with Crippen LogP contribution in [-0.2, 0) is 9.53 Å². The summed E-state index contributed by atoms with van der Waals surface area (Å²) in [5.41, 5.74) is 2.15. The van der Waals surface area contributed by atoms with Crippen molar-refractivity contribution >= 4 is 5.91 Å². The molecule has 4 heteroatoms. The van der Waals surface area contributed by atoms with E-state index in [4.69, 9.17) is 10.6 Å². The molecule has 3 N–H and O–H groups in total. The number of carbonyl (C=O) groups excluding carboxylic acids is 1. The molecule has 0 aromatic rings. The molecule has 18 heavy (non-hydrogen) atoms. The molecule has 0 aromatic heterocycles. The Kier molecular flexibility index (Phi) is 7.28. The maximum absolute atomic E-state index is 10.9. The van der Waals surface area contributed by atoms with Crippen LogP contribution in [0.15, 0.2) is 0 Å². The second-order valence-electron chi connectivity index (χ2n) is 5.64. The Hall–Kier alpha value is -0.610. The van der Waals surface area contributed by atoms with Crippen LogP contribution in [0.4, 0.5) is 0 Å². The fraction of sp³-hybridized carbons (Fsp3) is 0.929. The van der Waals surface area contributed by atoms with Crippen LogP contribution >= 0.6 is 0 Å². The smallest absolute Gasteiger partial charge is 0.233 e. The molecular formula is C14H28N2O2. The molecule has 1 rings (SSSR count). The Bertz CT molecular complexity index is 246. The van der Waals surface area contributed by atoms with Gasteiger partial charge >= 0.3 is 0 Å². The first-order chi connectivity index (χ1) is 8.63. The molecule has 1 saturated carbocycles. The number of hydrogen-bond acceptors (Lipinski definition) is 3. The van der Waals surface area contributed by atoms with E-state index in [0.29, 0.717) is 12.5 Å². The highest BCUT2D eigenvalue weighted by Crippen LogP contribution is 2.30. The Morgan fingerprint density at radius 1 is 1.22 bits per heavy atom. The van der Waals surface area contributed by atoms with Crippen LogP contribution < -0.4 is 11.3 Å². The predicted molar refractivity (Wildman–Crippen MR) is 72.7 cm³/mol. The van der Waals surface area contributed by atoms with Crippen molar-refractivity contribution in [1.82, 2.24) is 5.43 Å². The zero-order valence-electron chi connectivity index (χ0n) is 11.8. The van der Waals surface area contributed by atoms with Gasteiger partial charge in [-0.2, -0.15) is 0 Å². The highest BCUT2D eigenvalue weighted by atomic mass is 16.5. The van der Waals surface area contributed by atoms with Gasteiger partial charge in [-0.3, -0.25) is 10.2 Å². The minimum Gasteiger partial charge on any atom is -0.378 e. The maximum atomic E-state index is 10.9. The number of nitrogens with one attached hydrogen (secondary N) is 1. The maximum Gasteiger partial charge on any atom is 0.233 e. The van der Waals surface area contributed by atoms with Crippen LogP contribution in [-0.4, -0.2) is 18.6 Å². The van der Waals surface area contributed by atoms with Crippen LogP contribution in [0.2, 0.25) is 0 Å². The molecule has 0 saturated heterocycles. The number of unbranched alkanes of at least 4 members (excludes halogenated alkanes) is 2. The lowest BCUT2D eigenvalue weighted by atomic mass is 9.80. The molecule has 0 aliphatic heterocycles. The quantitative estimate of drug-likeness (QED) is 0.318. The predicted octanol–water partition coefficient (Wildman–Crippen LogP) is 2.38. The van der Waals surface area contributed by atoms with E-state index in [0.717, 1.165) is 37.7 Å². The number of ether oxygens (including phenoxy) is 1. The van der Waals surface area contributed by atoms with Crippen LogP contribution in [0.3, 0.4) is 0 Å². The summed E-state index contributed by atoms with van der Waals surface area (Å²) >= 11 is 0. The van der Waals surface area contributed by atoms with E-state index >= 15 is 0 Å². The third-order valence-electron chi connectivity index (χ3n) is 4.11. The summed E-state index contributed by atoms with van der Waals surface area (Å²) in [6, 6.07) is 0. The average Bonchev–Trinajstić information content (AvgIpc) is 2.37. The van der Waals surface area contributed by atoms with E-state index in [1.54, 1.807) is 0 Å². The summed E-state index contributed by atoms with van der Waals surface area (Å²) in [4.78, 5) is 10.9. The molecule has 1 fully saturated rings. The first kappa shape index (κ1) is 15.4. The van der Waals surface area contributed by atoms with Gasteiger partial charge in [0.1, 0.15) is 0 Å². The van der Waals surface area contributed by atoms with E-state index < -0.39 is 0 Å². The minimum atomic E-state index is -0.0778. The standard InChI is InChI=1S/C14H28N2O2/c1-11-7-8-13(10-12(11)2)18-9-5-3-4-6-14(17)16-15/h11-13H,3-10,15H2,1-2H3,(H,16,17). The van der Waals surface area contributed by atoms with Crippen molar-refractivity contribution in [2.24, 2.45) is 17.7 Å². The van der Waals surface area contributed by atoms with E-state index in [1.165, 1.54) is 19.3 Å². The van der Waals surface area contributed by atoms with Gasteiger partial charge in [-0.1, -0.05) is 20.3 Å². The molecule has 1 amide bonds. The Morgan fingerprint density at radius 3 is 2.67 bits per heavy atom. The van der Waals surface area contributed by atoms with Crippen molar-refractivity contribution in [1.29, 1.82) is 0 Å². The lowest BCUT2D eigenvalue weighted by Crippen LogP contribution is -2.29. The van der Waals surface area contributed by atoms with Crippen molar-refractivity contribution in [3.8, 4) is 0 Å². The summed E-state index contributed by atoms with van der Waals surface area (Å²) in [7, 11) is 0. The molecular weight excluding hydrogens is 228 g/mol. The summed E-state index contributed by atoms with van der Waals surface area (Å²) in [6.07, 6.45) is 7.66. The molecule has 106 valence electrons. The Morgan fingerprint density at radius 2 is 2.00 bits per heavy atom. The number of hydrazine groups is 1. The first-order valence-electron chi connectivity index (χ1n) is 7.24. The molecule has 4 nitrogen and oxygen atoms in total. The largest absolute Gasteiger partial charge is 0.378 e. The molecule has 0 aromatic carbocycles. The third-order valence-corrected chi connectivity index (χ3v) is 4.11. The zero-order chi connectivity index (χ0) is 13.4. The van der Waals surface area contributed by atoms with Crippen LogP contribution in [0, 0.1) is 11.8 Å². The van der Waals surface area contributed by atoms with Crippen LogP contribution in [0.5, 0.6) is 0 Å². The fourth-order valence-electron chi connectivity index (χ4n) is 2.54. The number of nitrogens with two attached hydrogens (primary N) is 1. The molecule has 1 aliphatic rings. The molecule has 0 bridgehead atoms. The van der Waals surface area contributed by atoms with Crippen molar-refractivity contribution in [2.45, 2.75) is 64.9 Å². The Labute approximate surface area is 111 Å². The van der Waals surface area contributed by atoms with E-state index in [9.17, 15) is 4.79 Å². The van der Waals surface area contributed by atoms with Gasteiger partial charge < -0.3 is 4.74 Å². The zero-order valence-corrected chi connectivity index (χ0v) is 11.8. The molecule has 0 radical (unpaired) electrons. The van der Waals surface area contributed by atoms with E-state index in [2.05, 4.69) is 19.3 Å². The minimum absolute atomic E-state index is 0.0778. The van der Waals surface area contributed by atoms with Crippen LogP contribution in [0.1, 0.15) is 58.8 Å². The summed E-state index contributed by atoms with van der Waals surface area (Å²) in [5.74, 6) is 6.57. The SMILES string of the molecule is CC1CCC(OCCCCCC(=O)NN)CC1C. The normalized spacial score (nSPS) is 28.1. The fourth-order valence-corrected chi connectivity index (χ4v) is 2.54. The lowest BCUT2D eigenvalue weighted by molar-refractivity contribution is -0.121. The van der Waals surface area contributed by atoms with Gasteiger partial charge in [0.25, 0.3) is 0 Å². The van der Waals surface area contributed by atoms with Gasteiger partial charge in [0.2, 0.25) is 5.91 Å². The topological polar surface area (TPSA) is 64.3 Å². The summed E-state index contributed by atoms with van der Waals surface area (Å²) < 4.78 is 5.91. The molecule has 3 unspecified atom stereocenters. The van der Waals surface area contributed by atoms with Gasteiger partial charge in [0.05, 0.1) is 6.10 Å². The van der Waals surface area contributed by atoms with Gasteiger partial charge in [0, 0.05) is 13.0 Å². The number of rotatable bonds is 7.